The molecule has 0 saturated carbocycles. The summed E-state index contributed by atoms with van der Waals surface area (Å²) in [6, 6.07) is 14.4. The highest BCUT2D eigenvalue weighted by Crippen LogP contribution is 2.34. The first-order chi connectivity index (χ1) is 13.1. The fraction of sp³-hybridized carbons (Fsp3) is 0.333. The molecule has 0 radical (unpaired) electrons. The molecule has 1 N–H and O–H groups in total. The molecule has 2 aromatic rings. The Morgan fingerprint density at radius 1 is 1.07 bits per heavy atom. The number of carbonyl (C=O) groups is 1. The lowest BCUT2D eigenvalue weighted by Crippen LogP contribution is -2.00. The fourth-order valence-electron chi connectivity index (χ4n) is 3.41. The summed E-state index contributed by atoms with van der Waals surface area (Å²) in [6.07, 6.45) is 9.07. The molecular weight excluding hydrogens is 334 g/mol. The van der Waals surface area contributed by atoms with Crippen LogP contribution in [0.2, 0.25) is 0 Å². The summed E-state index contributed by atoms with van der Waals surface area (Å²) in [7, 11) is 0. The van der Waals surface area contributed by atoms with Gasteiger partial charge in [0.1, 0.15) is 6.07 Å². The van der Waals surface area contributed by atoms with E-state index in [4.69, 9.17) is 5.11 Å². The topological polar surface area (TPSA) is 61.1 Å². The number of carboxylic acid groups (broad SMARTS) is 1. The highest BCUT2D eigenvalue weighted by molar-refractivity contribution is 5.88. The van der Waals surface area contributed by atoms with Gasteiger partial charge in [-0.1, -0.05) is 69.5 Å². The van der Waals surface area contributed by atoms with E-state index in [0.29, 0.717) is 11.1 Å². The predicted octanol–water partition coefficient (Wildman–Crippen LogP) is 6.01. The van der Waals surface area contributed by atoms with Gasteiger partial charge in [-0.15, -0.1) is 0 Å². The van der Waals surface area contributed by atoms with Crippen LogP contribution in [-0.4, -0.2) is 11.1 Å². The molecule has 0 unspecified atom stereocenters. The summed E-state index contributed by atoms with van der Waals surface area (Å²) in [4.78, 5) is 10.9. The van der Waals surface area contributed by atoms with Crippen LogP contribution in [0.5, 0.6) is 0 Å². The number of aliphatic carboxylic acids is 1. The minimum Gasteiger partial charge on any atom is -0.478 e. The molecule has 0 aliphatic rings. The Labute approximate surface area is 162 Å². The van der Waals surface area contributed by atoms with Crippen molar-refractivity contribution in [3.63, 3.8) is 0 Å². The Kier molecular flexibility index (Phi) is 7.82. The third kappa shape index (κ3) is 5.31. The molecule has 0 amide bonds. The first-order valence-corrected chi connectivity index (χ1v) is 9.67. The van der Waals surface area contributed by atoms with Gasteiger partial charge in [-0.25, -0.2) is 4.79 Å². The standard InChI is InChI=1S/C24H27NO2/c1-3-5-6-7-11-20-14-13-19(15-16-23(26)27)22(17-25)24(20)21-12-9-8-10-18(21)4-2/h8-10,12-16H,3-7,11H2,1-2H3,(H,26,27)/b16-15+. The van der Waals surface area contributed by atoms with E-state index in [-0.39, 0.29) is 0 Å². The summed E-state index contributed by atoms with van der Waals surface area (Å²) in [5.41, 5.74) is 5.60. The molecule has 0 heterocycles. The molecule has 0 saturated heterocycles. The van der Waals surface area contributed by atoms with Crippen LogP contribution >= 0.6 is 0 Å². The van der Waals surface area contributed by atoms with Crippen molar-refractivity contribution in [1.82, 2.24) is 0 Å². The van der Waals surface area contributed by atoms with Crippen molar-refractivity contribution in [2.45, 2.75) is 52.4 Å². The van der Waals surface area contributed by atoms with E-state index in [1.54, 1.807) is 0 Å². The van der Waals surface area contributed by atoms with Crippen LogP contribution in [0, 0.1) is 11.3 Å². The molecule has 0 aliphatic carbocycles. The van der Waals surface area contributed by atoms with Gasteiger partial charge in [-0.05, 0) is 47.6 Å². The van der Waals surface area contributed by atoms with Crippen molar-refractivity contribution in [2.75, 3.05) is 0 Å². The first kappa shape index (κ1) is 20.5. The van der Waals surface area contributed by atoms with Crippen molar-refractivity contribution < 1.29 is 9.90 Å². The molecule has 140 valence electrons. The number of benzene rings is 2. The second-order valence-corrected chi connectivity index (χ2v) is 6.67. The zero-order valence-corrected chi connectivity index (χ0v) is 16.2. The van der Waals surface area contributed by atoms with Gasteiger partial charge in [0.25, 0.3) is 0 Å². The second-order valence-electron chi connectivity index (χ2n) is 6.67. The van der Waals surface area contributed by atoms with E-state index in [1.807, 2.05) is 18.2 Å². The van der Waals surface area contributed by atoms with Gasteiger partial charge in [0.2, 0.25) is 0 Å². The van der Waals surface area contributed by atoms with Crippen LogP contribution in [0.15, 0.2) is 42.5 Å². The molecule has 3 heteroatoms. The molecule has 0 bridgehead atoms. The first-order valence-electron chi connectivity index (χ1n) is 9.67. The Balaban J connectivity index is 2.60. The van der Waals surface area contributed by atoms with Crippen LogP contribution in [0.3, 0.4) is 0 Å². The highest BCUT2D eigenvalue weighted by atomic mass is 16.4. The number of nitriles is 1. The van der Waals surface area contributed by atoms with E-state index in [2.05, 4.69) is 38.1 Å². The molecule has 0 atom stereocenters. The number of rotatable bonds is 9. The van der Waals surface area contributed by atoms with Crippen molar-refractivity contribution in [3.8, 4) is 17.2 Å². The fourth-order valence-corrected chi connectivity index (χ4v) is 3.41. The van der Waals surface area contributed by atoms with Gasteiger partial charge < -0.3 is 5.11 Å². The third-order valence-electron chi connectivity index (χ3n) is 4.81. The lowest BCUT2D eigenvalue weighted by atomic mass is 9.86. The van der Waals surface area contributed by atoms with Crippen LogP contribution in [0.25, 0.3) is 17.2 Å². The molecule has 27 heavy (non-hydrogen) atoms. The normalized spacial score (nSPS) is 10.9. The van der Waals surface area contributed by atoms with Gasteiger partial charge in [0.15, 0.2) is 0 Å². The van der Waals surface area contributed by atoms with Crippen LogP contribution in [0.4, 0.5) is 0 Å². The predicted molar refractivity (Wildman–Crippen MR) is 110 cm³/mol. The number of hydrogen-bond donors (Lipinski definition) is 1. The summed E-state index contributed by atoms with van der Waals surface area (Å²) in [6.45, 7) is 4.31. The summed E-state index contributed by atoms with van der Waals surface area (Å²) >= 11 is 0. The Hall–Kier alpha value is -2.86. The van der Waals surface area contributed by atoms with Gasteiger partial charge in [-0.2, -0.15) is 5.26 Å². The number of carboxylic acids is 1. The van der Waals surface area contributed by atoms with Crippen LogP contribution in [-0.2, 0) is 17.6 Å². The molecule has 2 aromatic carbocycles. The zero-order chi connectivity index (χ0) is 19.6. The maximum absolute atomic E-state index is 10.9. The van der Waals surface area contributed by atoms with Gasteiger partial charge in [-0.3, -0.25) is 0 Å². The molecule has 0 fully saturated rings. The number of hydrogen-bond acceptors (Lipinski definition) is 2. The number of aryl methyl sites for hydroxylation is 2. The Morgan fingerprint density at radius 3 is 2.52 bits per heavy atom. The maximum atomic E-state index is 10.9. The summed E-state index contributed by atoms with van der Waals surface area (Å²) in [5.74, 6) is -1.02. The molecule has 0 aliphatic heterocycles. The van der Waals surface area contributed by atoms with Crippen molar-refractivity contribution in [3.05, 3.63) is 64.7 Å². The SMILES string of the molecule is CCCCCCc1ccc(/C=C/C(=O)O)c(C#N)c1-c1ccccc1CC. The van der Waals surface area contributed by atoms with Gasteiger partial charge in [0, 0.05) is 11.6 Å². The molecule has 3 nitrogen and oxygen atoms in total. The number of nitrogens with zero attached hydrogens (tertiary/aromatic N) is 1. The molecule has 0 aromatic heterocycles. The highest BCUT2D eigenvalue weighted by Gasteiger charge is 2.16. The summed E-state index contributed by atoms with van der Waals surface area (Å²) < 4.78 is 0. The van der Waals surface area contributed by atoms with Crippen LogP contribution < -0.4 is 0 Å². The Morgan fingerprint density at radius 2 is 1.85 bits per heavy atom. The lowest BCUT2D eigenvalue weighted by molar-refractivity contribution is -0.131. The van der Waals surface area contributed by atoms with Crippen molar-refractivity contribution in [2.24, 2.45) is 0 Å². The van der Waals surface area contributed by atoms with E-state index in [1.165, 1.54) is 30.9 Å². The monoisotopic (exact) mass is 361 g/mol. The minimum atomic E-state index is -1.02. The average molecular weight is 361 g/mol. The quantitative estimate of drug-likeness (QED) is 0.439. The summed E-state index contributed by atoms with van der Waals surface area (Å²) in [5, 5.41) is 18.9. The third-order valence-corrected chi connectivity index (χ3v) is 4.81. The Bertz CT molecular complexity index is 859. The minimum absolute atomic E-state index is 0.557. The van der Waals surface area contributed by atoms with Crippen molar-refractivity contribution in [1.29, 1.82) is 5.26 Å². The molecule has 0 spiro atoms. The van der Waals surface area contributed by atoms with Crippen LogP contribution in [0.1, 0.15) is 61.8 Å². The molecule has 2 rings (SSSR count). The van der Waals surface area contributed by atoms with Gasteiger partial charge >= 0.3 is 5.97 Å². The van der Waals surface area contributed by atoms with E-state index < -0.39 is 5.97 Å². The van der Waals surface area contributed by atoms with E-state index in [9.17, 15) is 10.1 Å². The largest absolute Gasteiger partial charge is 0.478 e. The average Bonchev–Trinajstić information content (AvgIpc) is 2.69. The second kappa shape index (κ2) is 10.3. The maximum Gasteiger partial charge on any atom is 0.328 e. The zero-order valence-electron chi connectivity index (χ0n) is 16.2. The number of unbranched alkanes of at least 4 members (excludes halogenated alkanes) is 3. The molecular formula is C24H27NO2. The van der Waals surface area contributed by atoms with Gasteiger partial charge in [0.05, 0.1) is 5.56 Å². The van der Waals surface area contributed by atoms with Crippen molar-refractivity contribution >= 4 is 12.0 Å². The van der Waals surface area contributed by atoms with E-state index >= 15 is 0 Å². The smallest absolute Gasteiger partial charge is 0.328 e. The van der Waals surface area contributed by atoms with E-state index in [0.717, 1.165) is 42.0 Å². The lowest BCUT2D eigenvalue weighted by Gasteiger charge is -2.17.